The van der Waals surface area contributed by atoms with Crippen molar-refractivity contribution < 1.29 is 14.4 Å². The van der Waals surface area contributed by atoms with Gasteiger partial charge in [0.05, 0.1) is 16.6 Å². The summed E-state index contributed by atoms with van der Waals surface area (Å²) in [6.45, 7) is 3.68. The highest BCUT2D eigenvalue weighted by Crippen LogP contribution is 2.54. The van der Waals surface area contributed by atoms with Gasteiger partial charge in [-0.15, -0.1) is 11.3 Å². The molecule has 4 heterocycles. The minimum absolute atomic E-state index is 0.176. The number of anilines is 2. The summed E-state index contributed by atoms with van der Waals surface area (Å²) in [6, 6.07) is 18.6. The van der Waals surface area contributed by atoms with E-state index in [0.29, 0.717) is 16.4 Å². The van der Waals surface area contributed by atoms with Gasteiger partial charge in [-0.2, -0.15) is 0 Å². The lowest BCUT2D eigenvalue weighted by molar-refractivity contribution is -0.122. The number of nitrogens with zero attached hydrogens (tertiary/aromatic N) is 2. The summed E-state index contributed by atoms with van der Waals surface area (Å²) in [7, 11) is 0. The number of amides is 3. The van der Waals surface area contributed by atoms with Gasteiger partial charge in [0.2, 0.25) is 17.7 Å². The minimum Gasteiger partial charge on any atom is -0.324 e. The molecule has 1 N–H and O–H groups in total. The van der Waals surface area contributed by atoms with Gasteiger partial charge in [0.1, 0.15) is 11.8 Å². The lowest BCUT2D eigenvalue weighted by Crippen LogP contribution is -2.32. The highest BCUT2D eigenvalue weighted by molar-refractivity contribution is 8.00. The fourth-order valence-electron chi connectivity index (χ4n) is 5.02. The van der Waals surface area contributed by atoms with E-state index in [1.165, 1.54) is 32.6 Å². The average molecular weight is 562 g/mol. The molecule has 1 saturated heterocycles. The number of aryl methyl sites for hydroxylation is 2. The van der Waals surface area contributed by atoms with Gasteiger partial charge in [-0.3, -0.25) is 23.7 Å². The van der Waals surface area contributed by atoms with Gasteiger partial charge < -0.3 is 5.32 Å². The molecule has 2 unspecified atom stereocenters. The first-order valence-electron chi connectivity index (χ1n) is 12.1. The molecule has 3 atom stereocenters. The molecule has 0 saturated carbocycles. The van der Waals surface area contributed by atoms with Crippen molar-refractivity contribution in [3.05, 3.63) is 96.6 Å². The molecule has 0 aliphatic carbocycles. The van der Waals surface area contributed by atoms with E-state index in [2.05, 4.69) is 5.32 Å². The van der Waals surface area contributed by atoms with Crippen molar-refractivity contribution in [3.8, 4) is 0 Å². The number of thiophene rings is 1. The first-order valence-corrected chi connectivity index (χ1v) is 14.6. The van der Waals surface area contributed by atoms with Crippen LogP contribution in [0.25, 0.3) is 0 Å². The van der Waals surface area contributed by atoms with Crippen LogP contribution in [0.4, 0.5) is 11.4 Å². The quantitative estimate of drug-likeness (QED) is 0.346. The van der Waals surface area contributed by atoms with Crippen molar-refractivity contribution in [2.24, 2.45) is 5.92 Å². The van der Waals surface area contributed by atoms with Crippen LogP contribution < -0.4 is 15.1 Å². The van der Waals surface area contributed by atoms with Gasteiger partial charge >= 0.3 is 4.87 Å². The molecule has 0 radical (unpaired) electrons. The lowest BCUT2D eigenvalue weighted by atomic mass is 9.87. The summed E-state index contributed by atoms with van der Waals surface area (Å²) in [5, 5.41) is 4.71. The number of hydrogen-bond acceptors (Lipinski definition) is 7. The molecule has 10 heteroatoms. The van der Waals surface area contributed by atoms with Crippen LogP contribution in [0.2, 0.25) is 0 Å². The van der Waals surface area contributed by atoms with Gasteiger partial charge in [0.25, 0.3) is 0 Å². The van der Waals surface area contributed by atoms with Crippen LogP contribution in [0.3, 0.4) is 0 Å². The Morgan fingerprint density at radius 1 is 0.947 bits per heavy atom. The third-order valence-corrected chi connectivity index (χ3v) is 10.5. The number of para-hydroxylation sites is 1. The van der Waals surface area contributed by atoms with Crippen LogP contribution in [0.1, 0.15) is 26.8 Å². The molecule has 0 spiro atoms. The van der Waals surface area contributed by atoms with E-state index in [9.17, 15) is 19.2 Å². The number of thiazole rings is 1. The third-order valence-electron chi connectivity index (χ3n) is 6.91. The second kappa shape index (κ2) is 9.68. The molecule has 192 valence electrons. The second-order valence-electron chi connectivity index (χ2n) is 9.39. The smallest absolute Gasteiger partial charge is 0.308 e. The molecular formula is C28H23N3O4S3. The van der Waals surface area contributed by atoms with E-state index in [1.54, 1.807) is 12.1 Å². The number of carbonyl (C=O) groups is 3. The Labute approximate surface area is 231 Å². The van der Waals surface area contributed by atoms with Gasteiger partial charge in [0, 0.05) is 21.4 Å². The Hall–Kier alpha value is -3.47. The highest BCUT2D eigenvalue weighted by atomic mass is 32.2. The first kappa shape index (κ1) is 24.8. The standard InChI is InChI=1S/C28H23N3O4S3/c1-15-9-11-17(12-10-15)31-25(33)22-21(19-8-5-13-36-19)24-27(37-23(22)26(31)34)30(28(35)38-24)14-20(32)29-18-7-4-3-6-16(18)2/h3-13,21-23H,14H2,1-2H3,(H,29,32)/t21-,22?,23?/m1/s1. The molecule has 38 heavy (non-hydrogen) atoms. The topological polar surface area (TPSA) is 88.5 Å². The van der Waals surface area contributed by atoms with Crippen LogP contribution in [0.15, 0.2) is 75.9 Å². The van der Waals surface area contributed by atoms with Crippen molar-refractivity contribution in [3.63, 3.8) is 0 Å². The van der Waals surface area contributed by atoms with Gasteiger partial charge in [0.15, 0.2) is 0 Å². The summed E-state index contributed by atoms with van der Waals surface area (Å²) in [5.41, 5.74) is 3.18. The first-order chi connectivity index (χ1) is 18.3. The maximum absolute atomic E-state index is 13.8. The molecule has 2 aromatic heterocycles. The number of nitrogens with one attached hydrogen (secondary N) is 1. The molecule has 4 aromatic rings. The number of carbonyl (C=O) groups excluding carboxylic acids is 3. The third kappa shape index (κ3) is 4.13. The Bertz CT molecular complexity index is 1620. The van der Waals surface area contributed by atoms with Gasteiger partial charge in [-0.05, 0) is 49.1 Å². The number of rotatable bonds is 5. The maximum Gasteiger partial charge on any atom is 0.308 e. The van der Waals surface area contributed by atoms with Crippen LogP contribution >= 0.6 is 34.4 Å². The zero-order valence-electron chi connectivity index (χ0n) is 20.5. The van der Waals surface area contributed by atoms with Crippen LogP contribution in [-0.4, -0.2) is 27.5 Å². The van der Waals surface area contributed by atoms with Crippen molar-refractivity contribution in [1.82, 2.24) is 4.57 Å². The lowest BCUT2D eigenvalue weighted by Gasteiger charge is -2.29. The molecular weight excluding hydrogens is 539 g/mol. The minimum atomic E-state index is -0.692. The van der Waals surface area contributed by atoms with E-state index < -0.39 is 17.1 Å². The van der Waals surface area contributed by atoms with E-state index in [0.717, 1.165) is 32.2 Å². The Kier molecular flexibility index (Phi) is 6.33. The van der Waals surface area contributed by atoms with Crippen molar-refractivity contribution in [2.45, 2.75) is 36.6 Å². The fourth-order valence-corrected chi connectivity index (χ4v) is 8.75. The predicted octanol–water partition coefficient (Wildman–Crippen LogP) is 5.02. The summed E-state index contributed by atoms with van der Waals surface area (Å²) in [6.07, 6.45) is 0. The molecule has 1 fully saturated rings. The summed E-state index contributed by atoms with van der Waals surface area (Å²) < 4.78 is 1.45. The van der Waals surface area contributed by atoms with Crippen molar-refractivity contribution >= 4 is 63.5 Å². The molecule has 6 rings (SSSR count). The van der Waals surface area contributed by atoms with Crippen molar-refractivity contribution in [1.29, 1.82) is 0 Å². The normalized spacial score (nSPS) is 20.4. The number of thioether (sulfide) groups is 1. The van der Waals surface area contributed by atoms with E-state index >= 15 is 0 Å². The number of benzene rings is 2. The average Bonchev–Trinajstić information content (AvgIpc) is 3.59. The molecule has 2 aliphatic rings. The summed E-state index contributed by atoms with van der Waals surface area (Å²) in [5.74, 6) is -1.94. The van der Waals surface area contributed by atoms with Crippen LogP contribution in [0.5, 0.6) is 0 Å². The highest BCUT2D eigenvalue weighted by Gasteiger charge is 2.57. The van der Waals surface area contributed by atoms with E-state index in [1.807, 2.05) is 67.8 Å². The SMILES string of the molecule is Cc1ccc(N2C(=O)C3Sc4c(sc(=O)n4CC(=O)Nc4ccccc4C)[C@H](c4cccs4)C3C2=O)cc1. The monoisotopic (exact) mass is 561 g/mol. The fraction of sp³-hybridized carbons (Fsp3) is 0.214. The van der Waals surface area contributed by atoms with E-state index in [4.69, 9.17) is 0 Å². The number of aromatic nitrogens is 1. The molecule has 0 bridgehead atoms. The van der Waals surface area contributed by atoms with Gasteiger partial charge in [-0.1, -0.05) is 65.1 Å². The largest absolute Gasteiger partial charge is 0.324 e. The van der Waals surface area contributed by atoms with Gasteiger partial charge in [-0.25, -0.2) is 4.90 Å². The predicted molar refractivity (Wildman–Crippen MR) is 151 cm³/mol. The van der Waals surface area contributed by atoms with E-state index in [-0.39, 0.29) is 29.1 Å². The number of fused-ring (bicyclic) bond motifs is 2. The van der Waals surface area contributed by atoms with Crippen LogP contribution in [0, 0.1) is 19.8 Å². The molecule has 3 amide bonds. The summed E-state index contributed by atoms with van der Waals surface area (Å²) >= 11 is 3.79. The van der Waals surface area contributed by atoms with Crippen molar-refractivity contribution in [2.75, 3.05) is 10.2 Å². The Morgan fingerprint density at radius 2 is 1.71 bits per heavy atom. The Balaban J connectivity index is 1.39. The molecule has 2 aromatic carbocycles. The Morgan fingerprint density at radius 3 is 2.42 bits per heavy atom. The maximum atomic E-state index is 13.8. The zero-order chi connectivity index (χ0) is 26.6. The number of hydrogen-bond donors (Lipinski definition) is 1. The molecule has 7 nitrogen and oxygen atoms in total. The zero-order valence-corrected chi connectivity index (χ0v) is 23.0. The summed E-state index contributed by atoms with van der Waals surface area (Å²) in [4.78, 5) is 56.3. The molecule has 2 aliphatic heterocycles. The number of imide groups is 1. The second-order valence-corrected chi connectivity index (χ2v) is 12.5. The van der Waals surface area contributed by atoms with Crippen LogP contribution in [-0.2, 0) is 20.9 Å².